The summed E-state index contributed by atoms with van der Waals surface area (Å²) >= 11 is 7.82. The molecule has 5 rings (SSSR count). The molecule has 4 heterocycles. The van der Waals surface area contributed by atoms with E-state index < -0.39 is 0 Å². The summed E-state index contributed by atoms with van der Waals surface area (Å²) < 4.78 is 1.17. The zero-order valence-electron chi connectivity index (χ0n) is 14.0. The summed E-state index contributed by atoms with van der Waals surface area (Å²) in [6, 6.07) is 10.1. The molecule has 1 aliphatic heterocycles. The molecule has 0 spiro atoms. The molecule has 0 aliphatic carbocycles. The number of anilines is 2. The predicted molar refractivity (Wildman–Crippen MR) is 109 cm³/mol. The minimum absolute atomic E-state index is 0.718. The number of pyridine rings is 1. The average Bonchev–Trinajstić information content (AvgIpc) is 3.16. The molecule has 5 nitrogen and oxygen atoms in total. The molecule has 0 bridgehead atoms. The molecular weight excluding hydrogens is 366 g/mol. The number of piperazine rings is 1. The molecule has 0 saturated carbocycles. The van der Waals surface area contributed by atoms with Crippen LogP contribution >= 0.6 is 22.9 Å². The fraction of sp³-hybridized carbons (Fsp3) is 0.211. The first-order chi connectivity index (χ1) is 12.8. The van der Waals surface area contributed by atoms with Crippen molar-refractivity contribution in [3.63, 3.8) is 0 Å². The highest BCUT2D eigenvalue weighted by Gasteiger charge is 2.21. The molecular formula is C19H16ClN5S. The van der Waals surface area contributed by atoms with E-state index >= 15 is 0 Å². The molecule has 1 aliphatic rings. The van der Waals surface area contributed by atoms with Gasteiger partial charge in [0.2, 0.25) is 0 Å². The number of rotatable bonds is 2. The molecule has 0 radical (unpaired) electrons. The van der Waals surface area contributed by atoms with Crippen LogP contribution in [0.25, 0.3) is 21.1 Å². The van der Waals surface area contributed by atoms with E-state index in [1.54, 1.807) is 17.7 Å². The van der Waals surface area contributed by atoms with Gasteiger partial charge in [0.15, 0.2) is 0 Å². The lowest BCUT2D eigenvalue weighted by Gasteiger charge is -2.37. The first kappa shape index (κ1) is 15.8. The number of thiophene rings is 1. The Bertz CT molecular complexity index is 1090. The Balaban J connectivity index is 1.42. The van der Waals surface area contributed by atoms with Crippen molar-refractivity contribution >= 4 is 55.6 Å². The van der Waals surface area contributed by atoms with Crippen LogP contribution < -0.4 is 9.80 Å². The van der Waals surface area contributed by atoms with Gasteiger partial charge < -0.3 is 9.80 Å². The van der Waals surface area contributed by atoms with E-state index in [0.29, 0.717) is 0 Å². The SMILES string of the molecule is Clc1ccc2c(N3CCN(c4ncnc5ccsc45)CC3)ccnc2c1. The van der Waals surface area contributed by atoms with Crippen LogP contribution in [0.2, 0.25) is 5.02 Å². The van der Waals surface area contributed by atoms with Crippen molar-refractivity contribution in [1.29, 1.82) is 0 Å². The van der Waals surface area contributed by atoms with Gasteiger partial charge in [0.25, 0.3) is 0 Å². The normalized spacial score (nSPS) is 15.1. The number of nitrogens with zero attached hydrogens (tertiary/aromatic N) is 5. The second kappa shape index (κ2) is 6.37. The maximum atomic E-state index is 6.11. The van der Waals surface area contributed by atoms with Crippen molar-refractivity contribution in [3.8, 4) is 0 Å². The van der Waals surface area contributed by atoms with E-state index in [0.717, 1.165) is 53.4 Å². The third-order valence-corrected chi connectivity index (χ3v) is 5.96. The van der Waals surface area contributed by atoms with Crippen LogP contribution in [0, 0.1) is 0 Å². The van der Waals surface area contributed by atoms with Crippen molar-refractivity contribution in [1.82, 2.24) is 15.0 Å². The third kappa shape index (κ3) is 2.66. The lowest BCUT2D eigenvalue weighted by molar-refractivity contribution is 0.650. The van der Waals surface area contributed by atoms with Crippen LogP contribution in [0.3, 0.4) is 0 Å². The fourth-order valence-electron chi connectivity index (χ4n) is 3.54. The number of hydrogen-bond donors (Lipinski definition) is 0. The Morgan fingerprint density at radius 3 is 2.62 bits per heavy atom. The van der Waals surface area contributed by atoms with Gasteiger partial charge in [0.1, 0.15) is 12.1 Å². The van der Waals surface area contributed by atoms with Gasteiger partial charge in [-0.25, -0.2) is 9.97 Å². The summed E-state index contributed by atoms with van der Waals surface area (Å²) in [5.41, 5.74) is 3.18. The Labute approximate surface area is 159 Å². The molecule has 0 atom stereocenters. The van der Waals surface area contributed by atoms with E-state index in [4.69, 9.17) is 11.6 Å². The molecule has 0 amide bonds. The van der Waals surface area contributed by atoms with Crippen molar-refractivity contribution in [2.45, 2.75) is 0 Å². The molecule has 1 saturated heterocycles. The Kier molecular flexibility index (Phi) is 3.87. The molecule has 26 heavy (non-hydrogen) atoms. The van der Waals surface area contributed by atoms with Gasteiger partial charge >= 0.3 is 0 Å². The number of benzene rings is 1. The summed E-state index contributed by atoms with van der Waals surface area (Å²) in [4.78, 5) is 18.1. The van der Waals surface area contributed by atoms with Crippen LogP contribution in [-0.2, 0) is 0 Å². The number of fused-ring (bicyclic) bond motifs is 2. The van der Waals surface area contributed by atoms with Crippen LogP contribution in [-0.4, -0.2) is 41.1 Å². The largest absolute Gasteiger partial charge is 0.367 e. The van der Waals surface area contributed by atoms with Crippen molar-refractivity contribution in [2.75, 3.05) is 36.0 Å². The lowest BCUT2D eigenvalue weighted by atomic mass is 10.1. The molecule has 130 valence electrons. The van der Waals surface area contributed by atoms with Crippen molar-refractivity contribution in [3.05, 3.63) is 53.3 Å². The zero-order chi connectivity index (χ0) is 17.5. The standard InChI is InChI=1S/C19H16ClN5S/c20-13-1-2-14-16(11-13)21-5-3-17(14)24-6-8-25(9-7-24)19-18-15(4-10-26-18)22-12-23-19/h1-5,10-12H,6-9H2. The summed E-state index contributed by atoms with van der Waals surface area (Å²) in [6.07, 6.45) is 3.52. The molecule has 0 unspecified atom stereocenters. The quantitative estimate of drug-likeness (QED) is 0.520. The van der Waals surface area contributed by atoms with Gasteiger partial charge in [0.05, 0.1) is 15.7 Å². The monoisotopic (exact) mass is 381 g/mol. The summed E-state index contributed by atoms with van der Waals surface area (Å²) in [7, 11) is 0. The lowest BCUT2D eigenvalue weighted by Crippen LogP contribution is -2.47. The fourth-order valence-corrected chi connectivity index (χ4v) is 4.57. The maximum Gasteiger partial charge on any atom is 0.150 e. The highest BCUT2D eigenvalue weighted by atomic mass is 35.5. The van der Waals surface area contributed by atoms with Crippen molar-refractivity contribution < 1.29 is 0 Å². The number of halogens is 1. The summed E-state index contributed by atoms with van der Waals surface area (Å²) in [6.45, 7) is 3.75. The van der Waals surface area contributed by atoms with Gasteiger partial charge in [-0.3, -0.25) is 4.98 Å². The van der Waals surface area contributed by atoms with Gasteiger partial charge in [0, 0.05) is 48.5 Å². The highest BCUT2D eigenvalue weighted by Crippen LogP contribution is 2.31. The van der Waals surface area contributed by atoms with Gasteiger partial charge in [-0.05, 0) is 35.7 Å². The smallest absolute Gasteiger partial charge is 0.150 e. The highest BCUT2D eigenvalue weighted by molar-refractivity contribution is 7.17. The third-order valence-electron chi connectivity index (χ3n) is 4.83. The van der Waals surface area contributed by atoms with E-state index in [1.807, 2.05) is 18.3 Å². The average molecular weight is 382 g/mol. The molecule has 0 N–H and O–H groups in total. The predicted octanol–water partition coefficient (Wildman–Crippen LogP) is 4.22. The van der Waals surface area contributed by atoms with Crippen LogP contribution in [0.4, 0.5) is 11.5 Å². The molecule has 7 heteroatoms. The summed E-state index contributed by atoms with van der Waals surface area (Å²) in [5.74, 6) is 1.05. The molecule has 3 aromatic heterocycles. The topological polar surface area (TPSA) is 45.2 Å². The van der Waals surface area contributed by atoms with Crippen LogP contribution in [0.1, 0.15) is 0 Å². The number of hydrogen-bond acceptors (Lipinski definition) is 6. The molecule has 1 fully saturated rings. The molecule has 1 aromatic carbocycles. The van der Waals surface area contributed by atoms with Gasteiger partial charge in [-0.1, -0.05) is 11.6 Å². The minimum atomic E-state index is 0.718. The van der Waals surface area contributed by atoms with Gasteiger partial charge in [-0.2, -0.15) is 0 Å². The van der Waals surface area contributed by atoms with Crippen molar-refractivity contribution in [2.24, 2.45) is 0 Å². The van der Waals surface area contributed by atoms with Crippen LogP contribution in [0.5, 0.6) is 0 Å². The van der Waals surface area contributed by atoms with E-state index in [-0.39, 0.29) is 0 Å². The number of aromatic nitrogens is 3. The second-order valence-corrected chi connectivity index (χ2v) is 7.65. The first-order valence-electron chi connectivity index (χ1n) is 8.52. The zero-order valence-corrected chi connectivity index (χ0v) is 15.5. The van der Waals surface area contributed by atoms with E-state index in [9.17, 15) is 0 Å². The van der Waals surface area contributed by atoms with Crippen LogP contribution in [0.15, 0.2) is 48.2 Å². The van der Waals surface area contributed by atoms with Gasteiger partial charge in [-0.15, -0.1) is 11.3 Å². The maximum absolute atomic E-state index is 6.11. The Morgan fingerprint density at radius 1 is 0.885 bits per heavy atom. The molecule has 4 aromatic rings. The van der Waals surface area contributed by atoms with E-state index in [1.165, 1.54) is 10.4 Å². The Morgan fingerprint density at radius 2 is 1.73 bits per heavy atom. The first-order valence-corrected chi connectivity index (χ1v) is 9.78. The minimum Gasteiger partial charge on any atom is -0.367 e. The Hall–Kier alpha value is -2.44. The summed E-state index contributed by atoms with van der Waals surface area (Å²) in [5, 5.41) is 3.94. The van der Waals surface area contributed by atoms with E-state index in [2.05, 4.69) is 48.3 Å². The second-order valence-electron chi connectivity index (χ2n) is 6.30.